The number of carbonyl (C=O) groups excluding carboxylic acids is 1. The van der Waals surface area contributed by atoms with E-state index in [1.54, 1.807) is 0 Å². The summed E-state index contributed by atoms with van der Waals surface area (Å²) in [6, 6.07) is -0.759. The standard InChI is InChI=1S/C43H87N2O6P/c1-6-8-10-12-14-16-18-20-22-23-24-26-28-30-32-34-36-42(46)41(40-51-52(48,49)50-39-38-45(3,4)5)44-43(47)37-35-33-31-29-27-25-21-19-17-15-13-11-9-7-2/h19,21,41-42,46H,6-18,20,22-40H2,1-5H3,(H-,44,47,48,49)/p+1/b21-19-. The minimum absolute atomic E-state index is 0.0749. The normalized spacial score (nSPS) is 14.5. The summed E-state index contributed by atoms with van der Waals surface area (Å²) >= 11 is 0. The predicted octanol–water partition coefficient (Wildman–Crippen LogP) is 12.0. The molecule has 0 radical (unpaired) electrons. The van der Waals surface area contributed by atoms with Gasteiger partial charge in [0.25, 0.3) is 0 Å². The Labute approximate surface area is 322 Å². The van der Waals surface area contributed by atoms with E-state index in [-0.39, 0.29) is 19.1 Å². The summed E-state index contributed by atoms with van der Waals surface area (Å²) in [6.45, 7) is 4.88. The van der Waals surface area contributed by atoms with Crippen LogP contribution in [0.5, 0.6) is 0 Å². The molecule has 3 unspecified atom stereocenters. The minimum atomic E-state index is -4.31. The lowest BCUT2D eigenvalue weighted by Crippen LogP contribution is -2.46. The maximum atomic E-state index is 12.9. The van der Waals surface area contributed by atoms with Crippen molar-refractivity contribution < 1.29 is 32.9 Å². The molecule has 3 atom stereocenters. The van der Waals surface area contributed by atoms with Crippen LogP contribution in [0.3, 0.4) is 0 Å². The highest BCUT2D eigenvalue weighted by Crippen LogP contribution is 2.43. The number of quaternary nitrogens is 1. The van der Waals surface area contributed by atoms with Gasteiger partial charge < -0.3 is 19.8 Å². The van der Waals surface area contributed by atoms with Crippen LogP contribution in [-0.2, 0) is 18.4 Å². The zero-order valence-electron chi connectivity index (χ0n) is 35.1. The van der Waals surface area contributed by atoms with Crippen molar-refractivity contribution in [1.29, 1.82) is 0 Å². The van der Waals surface area contributed by atoms with Crippen molar-refractivity contribution in [3.63, 3.8) is 0 Å². The number of likely N-dealkylation sites (N-methyl/N-ethyl adjacent to an activating group) is 1. The van der Waals surface area contributed by atoms with E-state index in [4.69, 9.17) is 9.05 Å². The Kier molecular flexibility index (Phi) is 35.4. The number of hydrogen-bond acceptors (Lipinski definition) is 5. The Morgan fingerprint density at radius 3 is 1.48 bits per heavy atom. The second-order valence-electron chi connectivity index (χ2n) is 16.4. The summed E-state index contributed by atoms with van der Waals surface area (Å²) in [5.74, 6) is -0.153. The number of nitrogens with zero attached hydrogens (tertiary/aromatic N) is 1. The first-order valence-electron chi connectivity index (χ1n) is 22.1. The quantitative estimate of drug-likeness (QED) is 0.0249. The molecule has 0 spiro atoms. The molecule has 9 heteroatoms. The molecule has 0 saturated heterocycles. The maximum absolute atomic E-state index is 12.9. The molecule has 0 bridgehead atoms. The molecule has 3 N–H and O–H groups in total. The topological polar surface area (TPSA) is 105 Å². The number of unbranched alkanes of at least 4 members (excludes halogenated alkanes) is 25. The number of aliphatic hydroxyl groups is 1. The van der Waals surface area contributed by atoms with Crippen LogP contribution in [0.1, 0.15) is 206 Å². The molecule has 0 aromatic rings. The monoisotopic (exact) mass is 760 g/mol. The summed E-state index contributed by atoms with van der Waals surface area (Å²) < 4.78 is 23.6. The fourth-order valence-corrected chi connectivity index (χ4v) is 7.19. The lowest BCUT2D eigenvalue weighted by molar-refractivity contribution is -0.870. The smallest absolute Gasteiger partial charge is 0.391 e. The Bertz CT molecular complexity index is 865. The SMILES string of the molecule is CCCCCCC/C=C\CCCCCCCC(=O)NC(COP(=O)(O)OCC[N+](C)(C)C)C(O)CCCCCCCCCCCCCCCCCC. The highest BCUT2D eigenvalue weighted by atomic mass is 31.2. The molecule has 0 aromatic carbocycles. The van der Waals surface area contributed by atoms with E-state index >= 15 is 0 Å². The van der Waals surface area contributed by atoms with Crippen LogP contribution in [0.15, 0.2) is 12.2 Å². The molecule has 0 rings (SSSR count). The van der Waals surface area contributed by atoms with E-state index in [0.717, 1.165) is 51.4 Å². The third-order valence-electron chi connectivity index (χ3n) is 10.0. The molecular weight excluding hydrogens is 671 g/mol. The number of aliphatic hydroxyl groups excluding tert-OH is 1. The van der Waals surface area contributed by atoms with Crippen LogP contribution in [0, 0.1) is 0 Å². The van der Waals surface area contributed by atoms with Crippen LogP contribution in [-0.4, -0.2) is 73.4 Å². The summed E-state index contributed by atoms with van der Waals surface area (Å²) in [5, 5.41) is 13.9. The van der Waals surface area contributed by atoms with Crippen LogP contribution < -0.4 is 5.32 Å². The fourth-order valence-electron chi connectivity index (χ4n) is 6.45. The van der Waals surface area contributed by atoms with E-state index in [2.05, 4.69) is 31.3 Å². The van der Waals surface area contributed by atoms with Gasteiger partial charge in [-0.1, -0.05) is 174 Å². The predicted molar refractivity (Wildman–Crippen MR) is 222 cm³/mol. The van der Waals surface area contributed by atoms with E-state index in [9.17, 15) is 19.4 Å². The summed E-state index contributed by atoms with van der Waals surface area (Å²) in [7, 11) is 1.61. The van der Waals surface area contributed by atoms with Gasteiger partial charge in [-0.3, -0.25) is 13.8 Å². The van der Waals surface area contributed by atoms with Gasteiger partial charge in [-0.05, 0) is 38.5 Å². The van der Waals surface area contributed by atoms with Crippen molar-refractivity contribution in [2.24, 2.45) is 0 Å². The first-order valence-corrected chi connectivity index (χ1v) is 23.5. The number of phosphoric ester groups is 1. The second kappa shape index (κ2) is 35.9. The van der Waals surface area contributed by atoms with E-state index < -0.39 is 20.0 Å². The maximum Gasteiger partial charge on any atom is 0.472 e. The second-order valence-corrected chi connectivity index (χ2v) is 17.9. The number of amides is 1. The van der Waals surface area contributed by atoms with Gasteiger partial charge >= 0.3 is 7.82 Å². The van der Waals surface area contributed by atoms with Crippen molar-refractivity contribution in [2.75, 3.05) is 40.9 Å². The van der Waals surface area contributed by atoms with Gasteiger partial charge in [0.2, 0.25) is 5.91 Å². The minimum Gasteiger partial charge on any atom is -0.391 e. The van der Waals surface area contributed by atoms with Crippen molar-refractivity contribution in [3.05, 3.63) is 12.2 Å². The summed E-state index contributed by atoms with van der Waals surface area (Å²) in [5.41, 5.74) is 0. The first-order chi connectivity index (χ1) is 25.0. The van der Waals surface area contributed by atoms with E-state index in [1.165, 1.54) is 128 Å². The average molecular weight is 760 g/mol. The number of rotatable bonds is 40. The molecule has 8 nitrogen and oxygen atoms in total. The van der Waals surface area contributed by atoms with Crippen molar-refractivity contribution in [1.82, 2.24) is 5.32 Å². The van der Waals surface area contributed by atoms with Crippen LogP contribution in [0.4, 0.5) is 0 Å². The third kappa shape index (κ3) is 37.6. The molecule has 1 amide bonds. The summed E-state index contributed by atoms with van der Waals surface area (Å²) in [6.07, 6.45) is 39.4. The molecule has 0 fully saturated rings. The molecular formula is C43H88N2O6P+. The van der Waals surface area contributed by atoms with Gasteiger partial charge in [0.05, 0.1) is 39.9 Å². The molecule has 310 valence electrons. The van der Waals surface area contributed by atoms with Crippen molar-refractivity contribution >= 4 is 13.7 Å². The molecule has 0 saturated carbocycles. The molecule has 52 heavy (non-hydrogen) atoms. The van der Waals surface area contributed by atoms with E-state index in [1.807, 2.05) is 21.1 Å². The number of nitrogens with one attached hydrogen (secondary N) is 1. The number of carbonyl (C=O) groups is 1. The lowest BCUT2D eigenvalue weighted by atomic mass is 10.0. The Morgan fingerprint density at radius 2 is 1.04 bits per heavy atom. The molecule has 0 heterocycles. The Hall–Kier alpha value is -0.760. The Morgan fingerprint density at radius 1 is 0.635 bits per heavy atom. The molecule has 0 aliphatic rings. The largest absolute Gasteiger partial charge is 0.472 e. The molecule has 0 aliphatic heterocycles. The lowest BCUT2D eigenvalue weighted by Gasteiger charge is -2.26. The number of allylic oxidation sites excluding steroid dienone is 2. The van der Waals surface area contributed by atoms with Gasteiger partial charge in [0.15, 0.2) is 0 Å². The number of hydrogen-bond donors (Lipinski definition) is 3. The zero-order valence-corrected chi connectivity index (χ0v) is 36.0. The van der Waals surface area contributed by atoms with Gasteiger partial charge in [-0.15, -0.1) is 0 Å². The van der Waals surface area contributed by atoms with Crippen LogP contribution >= 0.6 is 7.82 Å². The third-order valence-corrected chi connectivity index (χ3v) is 11.0. The first kappa shape index (κ1) is 51.2. The molecule has 0 aliphatic carbocycles. The van der Waals surface area contributed by atoms with Crippen LogP contribution in [0.2, 0.25) is 0 Å². The Balaban J connectivity index is 4.38. The van der Waals surface area contributed by atoms with Gasteiger partial charge in [0, 0.05) is 6.42 Å². The van der Waals surface area contributed by atoms with Gasteiger partial charge in [-0.25, -0.2) is 4.57 Å². The van der Waals surface area contributed by atoms with E-state index in [0.29, 0.717) is 23.9 Å². The number of phosphoric acid groups is 1. The zero-order chi connectivity index (χ0) is 38.6. The van der Waals surface area contributed by atoms with Crippen LogP contribution in [0.25, 0.3) is 0 Å². The van der Waals surface area contributed by atoms with Crippen molar-refractivity contribution in [2.45, 2.75) is 219 Å². The fraction of sp³-hybridized carbons (Fsp3) is 0.930. The van der Waals surface area contributed by atoms with Crippen molar-refractivity contribution in [3.8, 4) is 0 Å². The van der Waals surface area contributed by atoms with Gasteiger partial charge in [0.1, 0.15) is 13.2 Å². The molecule has 0 aromatic heterocycles. The summed E-state index contributed by atoms with van der Waals surface area (Å²) in [4.78, 5) is 23.1. The highest BCUT2D eigenvalue weighted by Gasteiger charge is 2.28. The highest BCUT2D eigenvalue weighted by molar-refractivity contribution is 7.47. The van der Waals surface area contributed by atoms with Gasteiger partial charge in [-0.2, -0.15) is 0 Å². The average Bonchev–Trinajstić information content (AvgIpc) is 3.09.